The number of nitrogen functional groups attached to an aromatic ring is 1. The highest BCUT2D eigenvalue weighted by Crippen LogP contribution is 2.35. The monoisotopic (exact) mass is 294 g/mol. The van der Waals surface area contributed by atoms with Crippen molar-refractivity contribution >= 4 is 26.5 Å². The molecule has 2 rings (SSSR count). The molecular formula is C14H18N2O3S. The van der Waals surface area contributed by atoms with Crippen LogP contribution in [0.25, 0.3) is 10.8 Å². The number of hydrogen-bond donors (Lipinski definition) is 2. The summed E-state index contributed by atoms with van der Waals surface area (Å²) in [6, 6.07) is 8.13. The van der Waals surface area contributed by atoms with Gasteiger partial charge in [-0.2, -0.15) is 4.31 Å². The van der Waals surface area contributed by atoms with Crippen LogP contribution in [-0.4, -0.2) is 30.9 Å². The van der Waals surface area contributed by atoms with Gasteiger partial charge in [0, 0.05) is 29.9 Å². The smallest absolute Gasteiger partial charge is 0.243 e. The van der Waals surface area contributed by atoms with Crippen LogP contribution >= 0.6 is 0 Å². The van der Waals surface area contributed by atoms with Crippen LogP contribution in [0.1, 0.15) is 13.8 Å². The van der Waals surface area contributed by atoms with Crippen molar-refractivity contribution in [3.8, 4) is 5.75 Å². The van der Waals surface area contributed by atoms with Crippen molar-refractivity contribution in [3.05, 3.63) is 30.3 Å². The number of phenols is 1. The second kappa shape index (κ2) is 5.30. The number of anilines is 1. The van der Waals surface area contributed by atoms with Gasteiger partial charge in [0.25, 0.3) is 0 Å². The molecule has 2 aromatic rings. The summed E-state index contributed by atoms with van der Waals surface area (Å²) in [5, 5.41) is 10.9. The van der Waals surface area contributed by atoms with Crippen molar-refractivity contribution in [2.75, 3.05) is 18.8 Å². The molecule has 0 amide bonds. The number of fused-ring (bicyclic) bond motifs is 1. The molecule has 108 valence electrons. The maximum absolute atomic E-state index is 12.6. The maximum Gasteiger partial charge on any atom is 0.243 e. The molecule has 0 aromatic heterocycles. The molecular weight excluding hydrogens is 276 g/mol. The SMILES string of the molecule is CCN(CC)S(=O)(=O)c1cc(O)c(N)c2ccccc12. The number of phenolic OH excluding ortho intramolecular Hbond substituents is 1. The van der Waals surface area contributed by atoms with Gasteiger partial charge in [0.1, 0.15) is 5.75 Å². The van der Waals surface area contributed by atoms with Gasteiger partial charge in [0.2, 0.25) is 10.0 Å². The molecule has 0 aliphatic heterocycles. The Kier molecular flexibility index (Phi) is 3.87. The van der Waals surface area contributed by atoms with Crippen molar-refractivity contribution in [2.24, 2.45) is 0 Å². The van der Waals surface area contributed by atoms with E-state index in [1.54, 1.807) is 38.1 Å². The summed E-state index contributed by atoms with van der Waals surface area (Å²) in [5.41, 5.74) is 6.01. The van der Waals surface area contributed by atoms with Gasteiger partial charge in [-0.1, -0.05) is 38.1 Å². The summed E-state index contributed by atoms with van der Waals surface area (Å²) in [7, 11) is -3.65. The molecule has 0 radical (unpaired) electrons. The lowest BCUT2D eigenvalue weighted by molar-refractivity contribution is 0.444. The first kappa shape index (κ1) is 14.6. The summed E-state index contributed by atoms with van der Waals surface area (Å²) < 4.78 is 26.6. The van der Waals surface area contributed by atoms with E-state index in [2.05, 4.69) is 0 Å². The Morgan fingerprint density at radius 3 is 2.25 bits per heavy atom. The zero-order valence-electron chi connectivity index (χ0n) is 11.5. The van der Waals surface area contributed by atoms with Crippen LogP contribution in [0.3, 0.4) is 0 Å². The standard InChI is InChI=1S/C14H18N2O3S/c1-3-16(4-2)20(18,19)13-9-12(17)14(15)11-8-6-5-7-10(11)13/h5-9,17H,3-4,15H2,1-2H3. The summed E-state index contributed by atoms with van der Waals surface area (Å²) in [5.74, 6) is -0.213. The highest BCUT2D eigenvalue weighted by molar-refractivity contribution is 7.89. The highest BCUT2D eigenvalue weighted by Gasteiger charge is 2.25. The average Bonchev–Trinajstić information content (AvgIpc) is 2.43. The molecule has 0 aliphatic carbocycles. The van der Waals surface area contributed by atoms with Gasteiger partial charge in [-0.05, 0) is 0 Å². The van der Waals surface area contributed by atoms with Crippen LogP contribution in [0.2, 0.25) is 0 Å². The Balaban J connectivity index is 2.82. The predicted octanol–water partition coefficient (Wildman–Crippen LogP) is 2.16. The third-order valence-electron chi connectivity index (χ3n) is 3.35. The summed E-state index contributed by atoms with van der Waals surface area (Å²) in [4.78, 5) is 0.0866. The summed E-state index contributed by atoms with van der Waals surface area (Å²) in [6.45, 7) is 4.30. The van der Waals surface area contributed by atoms with Gasteiger partial charge in [0.15, 0.2) is 0 Å². The first-order chi connectivity index (χ1) is 9.43. The minimum absolute atomic E-state index is 0.0866. The molecule has 0 spiro atoms. The van der Waals surface area contributed by atoms with Gasteiger partial charge in [-0.15, -0.1) is 0 Å². The van der Waals surface area contributed by atoms with Crippen LogP contribution < -0.4 is 5.73 Å². The van der Waals surface area contributed by atoms with E-state index < -0.39 is 10.0 Å². The molecule has 3 N–H and O–H groups in total. The first-order valence-corrected chi connectivity index (χ1v) is 7.87. The quantitative estimate of drug-likeness (QED) is 0.668. The number of aromatic hydroxyl groups is 1. The van der Waals surface area contributed by atoms with E-state index in [1.165, 1.54) is 10.4 Å². The van der Waals surface area contributed by atoms with Gasteiger partial charge < -0.3 is 10.8 Å². The lowest BCUT2D eigenvalue weighted by Crippen LogP contribution is -2.30. The van der Waals surface area contributed by atoms with E-state index in [-0.39, 0.29) is 16.3 Å². The van der Waals surface area contributed by atoms with E-state index >= 15 is 0 Å². The van der Waals surface area contributed by atoms with Gasteiger partial charge in [0.05, 0.1) is 10.6 Å². The molecule has 20 heavy (non-hydrogen) atoms. The van der Waals surface area contributed by atoms with Crippen molar-refractivity contribution in [2.45, 2.75) is 18.7 Å². The fourth-order valence-corrected chi connectivity index (χ4v) is 3.94. The predicted molar refractivity (Wildman–Crippen MR) is 80.1 cm³/mol. The van der Waals surface area contributed by atoms with E-state index in [9.17, 15) is 13.5 Å². The van der Waals surface area contributed by atoms with Crippen LogP contribution in [-0.2, 0) is 10.0 Å². The fourth-order valence-electron chi connectivity index (χ4n) is 2.27. The number of sulfonamides is 1. The third kappa shape index (κ3) is 2.21. The molecule has 0 saturated carbocycles. The average molecular weight is 294 g/mol. The number of hydrogen-bond acceptors (Lipinski definition) is 4. The molecule has 0 atom stereocenters. The van der Waals surface area contributed by atoms with Crippen LogP contribution in [0, 0.1) is 0 Å². The first-order valence-electron chi connectivity index (χ1n) is 6.43. The van der Waals surface area contributed by atoms with E-state index in [4.69, 9.17) is 5.73 Å². The second-order valence-corrected chi connectivity index (χ2v) is 6.35. The molecule has 0 saturated heterocycles. The Morgan fingerprint density at radius 2 is 1.70 bits per heavy atom. The highest BCUT2D eigenvalue weighted by atomic mass is 32.2. The zero-order valence-corrected chi connectivity index (χ0v) is 12.3. The number of nitrogens with zero attached hydrogens (tertiary/aromatic N) is 1. The minimum Gasteiger partial charge on any atom is -0.506 e. The fraction of sp³-hybridized carbons (Fsp3) is 0.286. The summed E-state index contributed by atoms with van der Waals surface area (Å²) >= 11 is 0. The van der Waals surface area contributed by atoms with Crippen molar-refractivity contribution in [1.82, 2.24) is 4.31 Å². The summed E-state index contributed by atoms with van der Waals surface area (Å²) in [6.07, 6.45) is 0. The van der Waals surface area contributed by atoms with Crippen LogP contribution in [0.15, 0.2) is 35.2 Å². The van der Waals surface area contributed by atoms with Crippen molar-refractivity contribution in [3.63, 3.8) is 0 Å². The third-order valence-corrected chi connectivity index (χ3v) is 5.44. The zero-order chi connectivity index (χ0) is 14.9. The molecule has 5 nitrogen and oxygen atoms in total. The lowest BCUT2D eigenvalue weighted by atomic mass is 10.1. The molecule has 0 fully saturated rings. The molecule has 6 heteroatoms. The van der Waals surface area contributed by atoms with Gasteiger partial charge in [-0.3, -0.25) is 0 Å². The van der Waals surface area contributed by atoms with Crippen LogP contribution in [0.4, 0.5) is 5.69 Å². The number of nitrogens with two attached hydrogens (primary N) is 1. The van der Waals surface area contributed by atoms with Gasteiger partial charge in [-0.25, -0.2) is 8.42 Å². The molecule has 0 heterocycles. The number of benzene rings is 2. The number of rotatable bonds is 4. The second-order valence-electron chi connectivity index (χ2n) is 4.44. The molecule has 2 aromatic carbocycles. The molecule has 0 aliphatic rings. The Bertz CT molecular complexity index is 737. The Labute approximate surface area is 118 Å². The largest absolute Gasteiger partial charge is 0.506 e. The Hall–Kier alpha value is -1.79. The van der Waals surface area contributed by atoms with Crippen LogP contribution in [0.5, 0.6) is 5.75 Å². The molecule has 0 bridgehead atoms. The Morgan fingerprint density at radius 1 is 1.15 bits per heavy atom. The molecule has 0 unspecified atom stereocenters. The topological polar surface area (TPSA) is 83.6 Å². The van der Waals surface area contributed by atoms with E-state index in [1.807, 2.05) is 0 Å². The van der Waals surface area contributed by atoms with Crippen molar-refractivity contribution in [1.29, 1.82) is 0 Å². The normalized spacial score (nSPS) is 12.2. The van der Waals surface area contributed by atoms with E-state index in [0.717, 1.165) is 0 Å². The van der Waals surface area contributed by atoms with Gasteiger partial charge >= 0.3 is 0 Å². The van der Waals surface area contributed by atoms with E-state index in [0.29, 0.717) is 23.9 Å². The van der Waals surface area contributed by atoms with Crippen molar-refractivity contribution < 1.29 is 13.5 Å². The maximum atomic E-state index is 12.6. The lowest BCUT2D eigenvalue weighted by Gasteiger charge is -2.20. The minimum atomic E-state index is -3.65.